The Bertz CT molecular complexity index is 929. The van der Waals surface area contributed by atoms with Gasteiger partial charge in [0.05, 0.1) is 23.0 Å². The van der Waals surface area contributed by atoms with Gasteiger partial charge in [0.2, 0.25) is 5.91 Å². The van der Waals surface area contributed by atoms with Crippen LogP contribution in [0.15, 0.2) is 36.4 Å². The lowest BCUT2D eigenvalue weighted by Gasteiger charge is -2.10. The van der Waals surface area contributed by atoms with Gasteiger partial charge in [-0.1, -0.05) is 12.1 Å². The number of nitrogens with one attached hydrogen (secondary N) is 1. The van der Waals surface area contributed by atoms with Crippen LogP contribution < -0.4 is 5.32 Å². The Morgan fingerprint density at radius 1 is 1.29 bits per heavy atom. The van der Waals surface area contributed by atoms with Crippen LogP contribution in [-0.2, 0) is 16.1 Å². The van der Waals surface area contributed by atoms with E-state index < -0.39 is 17.7 Å². The van der Waals surface area contributed by atoms with Gasteiger partial charge in [0.25, 0.3) is 0 Å². The highest BCUT2D eigenvalue weighted by atomic mass is 32.1. The molecule has 0 saturated carbocycles. The Labute approximate surface area is 141 Å². The van der Waals surface area contributed by atoms with Crippen LogP contribution in [-0.4, -0.2) is 23.6 Å². The Hall–Kier alpha value is -2.67. The number of aromatic nitrogens is 1. The number of hydrogen-bond acceptors (Lipinski definition) is 4. The van der Waals surface area contributed by atoms with E-state index in [-0.39, 0.29) is 12.2 Å². The lowest BCUT2D eigenvalue weighted by Crippen LogP contribution is -2.22. The van der Waals surface area contributed by atoms with E-state index in [1.54, 1.807) is 22.8 Å². The molecule has 1 N–H and O–H groups in total. The molecule has 1 amide bonds. The maximum atomic E-state index is 13.7. The molecule has 0 spiro atoms. The fraction of sp³-hybridized carbons (Fsp3) is 0.176. The van der Waals surface area contributed by atoms with Gasteiger partial charge in [-0.15, -0.1) is 11.3 Å². The molecule has 2 aromatic heterocycles. The van der Waals surface area contributed by atoms with E-state index in [1.807, 2.05) is 13.0 Å². The largest absolute Gasteiger partial charge is 0.464 e. The number of para-hydroxylation sites is 1. The minimum absolute atomic E-state index is 0.104. The normalized spacial score (nSPS) is 10.8. The van der Waals surface area contributed by atoms with Gasteiger partial charge in [0.15, 0.2) is 0 Å². The van der Waals surface area contributed by atoms with Crippen molar-refractivity contribution in [2.45, 2.75) is 13.5 Å². The standard InChI is InChI=1S/C17H15FN2O3S/c1-10-7-13-15(24-10)8-14(17(22)23-2)20(13)9-16(21)19-12-6-4-3-5-11(12)18/h3-8H,9H2,1-2H3,(H,19,21). The predicted molar refractivity (Wildman–Crippen MR) is 90.9 cm³/mol. The molecule has 2 heterocycles. The van der Waals surface area contributed by atoms with Gasteiger partial charge in [-0.2, -0.15) is 0 Å². The first-order valence-corrected chi connectivity index (χ1v) is 8.03. The zero-order valence-electron chi connectivity index (χ0n) is 13.1. The van der Waals surface area contributed by atoms with Crippen molar-refractivity contribution in [1.29, 1.82) is 0 Å². The number of nitrogens with zero attached hydrogens (tertiary/aromatic N) is 1. The number of amides is 1. The number of carbonyl (C=O) groups excluding carboxylic acids is 2. The summed E-state index contributed by atoms with van der Waals surface area (Å²) in [5.41, 5.74) is 1.18. The Morgan fingerprint density at radius 2 is 2.04 bits per heavy atom. The van der Waals surface area contributed by atoms with Gasteiger partial charge in [-0.3, -0.25) is 4.79 Å². The third kappa shape index (κ3) is 3.03. The van der Waals surface area contributed by atoms with E-state index in [0.717, 1.165) is 15.1 Å². The number of fused-ring (bicyclic) bond motifs is 1. The maximum absolute atomic E-state index is 13.7. The highest BCUT2D eigenvalue weighted by molar-refractivity contribution is 7.19. The number of ether oxygens (including phenoxy) is 1. The number of benzene rings is 1. The van der Waals surface area contributed by atoms with Gasteiger partial charge in [-0.05, 0) is 31.2 Å². The topological polar surface area (TPSA) is 60.3 Å². The summed E-state index contributed by atoms with van der Waals surface area (Å²) < 4.78 is 20.9. The molecule has 0 bridgehead atoms. The van der Waals surface area contributed by atoms with Crippen molar-refractivity contribution in [3.8, 4) is 0 Å². The molecule has 7 heteroatoms. The van der Waals surface area contributed by atoms with Crippen LogP contribution in [0.2, 0.25) is 0 Å². The molecule has 0 aliphatic rings. The number of rotatable bonds is 4. The lowest BCUT2D eigenvalue weighted by molar-refractivity contribution is -0.116. The van der Waals surface area contributed by atoms with Gasteiger partial charge in [0.1, 0.15) is 18.1 Å². The molecule has 0 fully saturated rings. The van der Waals surface area contributed by atoms with E-state index in [1.165, 1.54) is 30.6 Å². The fourth-order valence-corrected chi connectivity index (χ4v) is 3.47. The number of anilines is 1. The minimum Gasteiger partial charge on any atom is -0.464 e. The second-order valence-electron chi connectivity index (χ2n) is 5.24. The molecule has 0 aliphatic heterocycles. The molecule has 0 unspecified atom stereocenters. The lowest BCUT2D eigenvalue weighted by atomic mass is 10.3. The Balaban J connectivity index is 1.92. The van der Waals surface area contributed by atoms with Crippen LogP contribution in [0.5, 0.6) is 0 Å². The SMILES string of the molecule is COC(=O)c1cc2sc(C)cc2n1CC(=O)Nc1ccccc1F. The van der Waals surface area contributed by atoms with Crippen molar-refractivity contribution in [2.75, 3.05) is 12.4 Å². The molecule has 0 aliphatic carbocycles. The predicted octanol–water partition coefficient (Wildman–Crippen LogP) is 3.58. The van der Waals surface area contributed by atoms with Crippen LogP contribution in [0, 0.1) is 12.7 Å². The molecule has 1 aromatic carbocycles. The third-order valence-electron chi connectivity index (χ3n) is 3.56. The number of thiophene rings is 1. The van der Waals surface area contributed by atoms with Gasteiger partial charge >= 0.3 is 5.97 Å². The zero-order valence-corrected chi connectivity index (χ0v) is 13.9. The summed E-state index contributed by atoms with van der Waals surface area (Å²) in [5.74, 6) is -1.45. The third-order valence-corrected chi connectivity index (χ3v) is 4.54. The second-order valence-corrected chi connectivity index (χ2v) is 6.53. The molecule has 3 aromatic rings. The summed E-state index contributed by atoms with van der Waals surface area (Å²) in [6.45, 7) is 1.84. The Morgan fingerprint density at radius 3 is 2.75 bits per heavy atom. The second kappa shape index (κ2) is 6.45. The average molecular weight is 346 g/mol. The first-order valence-electron chi connectivity index (χ1n) is 7.22. The highest BCUT2D eigenvalue weighted by Crippen LogP contribution is 2.29. The van der Waals surface area contributed by atoms with Crippen molar-refractivity contribution >= 4 is 39.1 Å². The summed E-state index contributed by atoms with van der Waals surface area (Å²) in [6.07, 6.45) is 0. The van der Waals surface area contributed by atoms with E-state index in [9.17, 15) is 14.0 Å². The smallest absolute Gasteiger partial charge is 0.354 e. The van der Waals surface area contributed by atoms with Crippen LogP contribution in [0.1, 0.15) is 15.4 Å². The first kappa shape index (κ1) is 16.2. The van der Waals surface area contributed by atoms with E-state index in [0.29, 0.717) is 5.69 Å². The number of esters is 1. The molecule has 3 rings (SSSR count). The summed E-state index contributed by atoms with van der Waals surface area (Å²) in [5, 5.41) is 2.52. The van der Waals surface area contributed by atoms with E-state index in [4.69, 9.17) is 4.74 Å². The highest BCUT2D eigenvalue weighted by Gasteiger charge is 2.20. The van der Waals surface area contributed by atoms with E-state index >= 15 is 0 Å². The Kier molecular flexibility index (Phi) is 4.35. The molecular formula is C17H15FN2O3S. The number of halogens is 1. The van der Waals surface area contributed by atoms with Gasteiger partial charge < -0.3 is 14.6 Å². The number of carbonyl (C=O) groups is 2. The van der Waals surface area contributed by atoms with Crippen molar-refractivity contribution < 1.29 is 18.7 Å². The number of aryl methyl sites for hydroxylation is 1. The summed E-state index contributed by atoms with van der Waals surface area (Å²) >= 11 is 1.53. The van der Waals surface area contributed by atoms with Crippen molar-refractivity contribution in [3.63, 3.8) is 0 Å². The summed E-state index contributed by atoms with van der Waals surface area (Å²) in [7, 11) is 1.29. The van der Waals surface area contributed by atoms with Crippen molar-refractivity contribution in [2.24, 2.45) is 0 Å². The fourth-order valence-electron chi connectivity index (χ4n) is 2.51. The van der Waals surface area contributed by atoms with Crippen molar-refractivity contribution in [1.82, 2.24) is 4.57 Å². The quantitative estimate of drug-likeness (QED) is 0.735. The van der Waals surface area contributed by atoms with Crippen LogP contribution in [0.4, 0.5) is 10.1 Å². The molecule has 0 radical (unpaired) electrons. The molecule has 124 valence electrons. The van der Waals surface area contributed by atoms with Crippen LogP contribution in [0.3, 0.4) is 0 Å². The first-order chi connectivity index (χ1) is 11.5. The van der Waals surface area contributed by atoms with Crippen molar-refractivity contribution in [3.05, 3.63) is 52.8 Å². The monoisotopic (exact) mass is 346 g/mol. The summed E-state index contributed by atoms with van der Waals surface area (Å²) in [4.78, 5) is 25.3. The molecular weight excluding hydrogens is 331 g/mol. The molecule has 5 nitrogen and oxygen atoms in total. The summed E-state index contributed by atoms with van der Waals surface area (Å²) in [6, 6.07) is 9.54. The minimum atomic E-state index is -0.519. The van der Waals surface area contributed by atoms with Crippen LogP contribution >= 0.6 is 11.3 Å². The molecule has 0 saturated heterocycles. The maximum Gasteiger partial charge on any atom is 0.354 e. The molecule has 0 atom stereocenters. The van der Waals surface area contributed by atoms with Gasteiger partial charge in [0, 0.05) is 4.88 Å². The van der Waals surface area contributed by atoms with Gasteiger partial charge in [-0.25, -0.2) is 9.18 Å². The average Bonchev–Trinajstić information content (AvgIpc) is 3.06. The molecule has 24 heavy (non-hydrogen) atoms. The van der Waals surface area contributed by atoms with E-state index in [2.05, 4.69) is 5.32 Å². The number of hydrogen-bond donors (Lipinski definition) is 1. The zero-order chi connectivity index (χ0) is 17.3. The number of methoxy groups -OCH3 is 1. The van der Waals surface area contributed by atoms with Crippen LogP contribution in [0.25, 0.3) is 10.2 Å².